The molecule has 0 saturated carbocycles. The number of hydrogen-bond acceptors (Lipinski definition) is 10. The second-order valence-electron chi connectivity index (χ2n) is 5.05. The second kappa shape index (κ2) is 9.16. The normalized spacial score (nSPS) is 11.8. The number of carbonyl (C=O) groups excluding carboxylic acids is 1. The van der Waals surface area contributed by atoms with Crippen molar-refractivity contribution in [3.63, 3.8) is 0 Å². The van der Waals surface area contributed by atoms with E-state index in [-0.39, 0.29) is 17.8 Å². The summed E-state index contributed by atoms with van der Waals surface area (Å²) in [7, 11) is 1.73. The Balaban J connectivity index is 2.14. The average molecular weight is 366 g/mol. The Hall–Kier alpha value is -2.43. The van der Waals surface area contributed by atoms with Crippen LogP contribution < -0.4 is 10.6 Å². The van der Waals surface area contributed by atoms with Gasteiger partial charge in [-0.05, 0) is 20.3 Å². The SMILES string of the molecule is CCOC(=O)CSc1ncn(-c2nc(NC)nc(N[C@@H](C)CC)n2)n1. The third-order valence-corrected chi connectivity index (χ3v) is 3.96. The number of carbonyl (C=O) groups is 1. The van der Waals surface area contributed by atoms with E-state index in [2.05, 4.69) is 42.6 Å². The van der Waals surface area contributed by atoms with Crippen molar-refractivity contribution < 1.29 is 9.53 Å². The van der Waals surface area contributed by atoms with Gasteiger partial charge >= 0.3 is 5.97 Å². The molecule has 0 radical (unpaired) electrons. The van der Waals surface area contributed by atoms with E-state index < -0.39 is 0 Å². The van der Waals surface area contributed by atoms with Crippen molar-refractivity contribution in [1.29, 1.82) is 0 Å². The summed E-state index contributed by atoms with van der Waals surface area (Å²) in [5.74, 6) is 1.06. The van der Waals surface area contributed by atoms with Gasteiger partial charge in [0.2, 0.25) is 17.1 Å². The molecule has 2 aromatic heterocycles. The summed E-state index contributed by atoms with van der Waals surface area (Å²) in [5.41, 5.74) is 0. The third-order valence-electron chi connectivity index (χ3n) is 3.14. The number of ether oxygens (including phenoxy) is 1. The maximum Gasteiger partial charge on any atom is 0.316 e. The standard InChI is InChI=1S/C14H22N8O2S/c1-5-9(3)17-12-18-11(15-4)19-13(20-12)22-8-16-14(21-22)25-7-10(23)24-6-2/h8-9H,5-7H2,1-4H3,(H2,15,17,18,19,20)/t9-/m0/s1. The smallest absolute Gasteiger partial charge is 0.316 e. The van der Waals surface area contributed by atoms with Crippen molar-refractivity contribution in [1.82, 2.24) is 29.7 Å². The maximum absolute atomic E-state index is 11.4. The summed E-state index contributed by atoms with van der Waals surface area (Å²) >= 11 is 1.19. The van der Waals surface area contributed by atoms with Crippen LogP contribution in [0.25, 0.3) is 5.95 Å². The Morgan fingerprint density at radius 3 is 2.76 bits per heavy atom. The molecule has 0 bridgehead atoms. The minimum Gasteiger partial charge on any atom is -0.465 e. The van der Waals surface area contributed by atoms with Gasteiger partial charge in [0.1, 0.15) is 6.33 Å². The molecule has 136 valence electrons. The zero-order valence-electron chi connectivity index (χ0n) is 14.7. The molecule has 2 rings (SSSR count). The number of thioether (sulfide) groups is 1. The minimum atomic E-state index is -0.304. The zero-order chi connectivity index (χ0) is 18.2. The van der Waals surface area contributed by atoms with Crippen LogP contribution in [0.3, 0.4) is 0 Å². The number of nitrogens with zero attached hydrogens (tertiary/aromatic N) is 6. The molecule has 1 atom stereocenters. The van der Waals surface area contributed by atoms with Crippen LogP contribution in [0.4, 0.5) is 11.9 Å². The summed E-state index contributed by atoms with van der Waals surface area (Å²) in [6, 6.07) is 0.228. The molecule has 25 heavy (non-hydrogen) atoms. The first-order valence-electron chi connectivity index (χ1n) is 7.96. The van der Waals surface area contributed by atoms with Crippen LogP contribution in [0.2, 0.25) is 0 Å². The third kappa shape index (κ3) is 5.55. The molecule has 0 spiro atoms. The number of aromatic nitrogens is 6. The van der Waals surface area contributed by atoms with Gasteiger partial charge in [0, 0.05) is 13.1 Å². The number of hydrogen-bond donors (Lipinski definition) is 2. The van der Waals surface area contributed by atoms with Crippen LogP contribution in [0, 0.1) is 0 Å². The molecular weight excluding hydrogens is 344 g/mol. The lowest BCUT2D eigenvalue weighted by Crippen LogP contribution is -2.18. The van der Waals surface area contributed by atoms with Crippen molar-refractivity contribution in [3.8, 4) is 5.95 Å². The van der Waals surface area contributed by atoms with Gasteiger partial charge in [-0.3, -0.25) is 4.79 Å². The summed E-state index contributed by atoms with van der Waals surface area (Å²) in [6.07, 6.45) is 2.43. The monoisotopic (exact) mass is 366 g/mol. The first-order chi connectivity index (χ1) is 12.0. The lowest BCUT2D eigenvalue weighted by atomic mass is 10.3. The van der Waals surface area contributed by atoms with Gasteiger partial charge in [-0.1, -0.05) is 18.7 Å². The first-order valence-corrected chi connectivity index (χ1v) is 8.95. The number of anilines is 2. The van der Waals surface area contributed by atoms with Gasteiger partial charge < -0.3 is 15.4 Å². The molecule has 11 heteroatoms. The minimum absolute atomic E-state index is 0.150. The molecule has 10 nitrogen and oxygen atoms in total. The van der Waals surface area contributed by atoms with E-state index in [9.17, 15) is 4.79 Å². The van der Waals surface area contributed by atoms with E-state index in [1.54, 1.807) is 14.0 Å². The van der Waals surface area contributed by atoms with Gasteiger partial charge in [-0.2, -0.15) is 19.6 Å². The predicted molar refractivity (Wildman–Crippen MR) is 95.0 cm³/mol. The lowest BCUT2D eigenvalue weighted by Gasteiger charge is -2.12. The Morgan fingerprint density at radius 2 is 2.08 bits per heavy atom. The van der Waals surface area contributed by atoms with Crippen molar-refractivity contribution in [2.45, 2.75) is 38.4 Å². The topological polar surface area (TPSA) is 120 Å². The quantitative estimate of drug-likeness (QED) is 0.497. The summed E-state index contributed by atoms with van der Waals surface area (Å²) in [4.78, 5) is 28.5. The zero-order valence-corrected chi connectivity index (χ0v) is 15.5. The summed E-state index contributed by atoms with van der Waals surface area (Å²) < 4.78 is 6.32. The summed E-state index contributed by atoms with van der Waals surface area (Å²) in [5, 5.41) is 10.8. The first kappa shape index (κ1) is 18.9. The molecule has 0 aromatic carbocycles. The molecule has 2 heterocycles. The molecule has 0 aliphatic heterocycles. The highest BCUT2D eigenvalue weighted by atomic mass is 32.2. The van der Waals surface area contributed by atoms with E-state index in [1.807, 2.05) is 6.92 Å². The molecule has 0 aliphatic carbocycles. The predicted octanol–water partition coefficient (Wildman–Crippen LogP) is 1.36. The maximum atomic E-state index is 11.4. The average Bonchev–Trinajstić information content (AvgIpc) is 3.09. The van der Waals surface area contributed by atoms with E-state index in [1.165, 1.54) is 22.8 Å². The van der Waals surface area contributed by atoms with Gasteiger partial charge in [0.25, 0.3) is 5.95 Å². The van der Waals surface area contributed by atoms with Crippen LogP contribution in [-0.4, -0.2) is 61.1 Å². The fourth-order valence-electron chi connectivity index (χ4n) is 1.70. The van der Waals surface area contributed by atoms with Gasteiger partial charge in [-0.15, -0.1) is 5.10 Å². The van der Waals surface area contributed by atoms with Gasteiger partial charge in [0.05, 0.1) is 12.4 Å². The van der Waals surface area contributed by atoms with Gasteiger partial charge in [-0.25, -0.2) is 4.98 Å². The molecule has 0 aliphatic rings. The molecule has 2 aromatic rings. The van der Waals surface area contributed by atoms with E-state index in [4.69, 9.17) is 4.74 Å². The Bertz CT molecular complexity index is 708. The van der Waals surface area contributed by atoms with Crippen LogP contribution in [0.15, 0.2) is 11.5 Å². The molecule has 0 fully saturated rings. The Labute approximate surface area is 150 Å². The fourth-order valence-corrected chi connectivity index (χ4v) is 2.30. The van der Waals surface area contributed by atoms with Crippen molar-refractivity contribution in [2.24, 2.45) is 0 Å². The van der Waals surface area contributed by atoms with Gasteiger partial charge in [0.15, 0.2) is 0 Å². The van der Waals surface area contributed by atoms with Crippen LogP contribution in [0.5, 0.6) is 0 Å². The van der Waals surface area contributed by atoms with E-state index in [0.29, 0.717) is 29.6 Å². The molecular formula is C14H22N8O2S. The highest BCUT2D eigenvalue weighted by molar-refractivity contribution is 7.99. The molecule has 0 saturated heterocycles. The largest absolute Gasteiger partial charge is 0.465 e. The van der Waals surface area contributed by atoms with Crippen molar-refractivity contribution >= 4 is 29.6 Å². The Morgan fingerprint density at radius 1 is 1.32 bits per heavy atom. The number of nitrogens with one attached hydrogen (secondary N) is 2. The fraction of sp³-hybridized carbons (Fsp3) is 0.571. The van der Waals surface area contributed by atoms with E-state index >= 15 is 0 Å². The highest BCUT2D eigenvalue weighted by Crippen LogP contribution is 2.15. The molecule has 2 N–H and O–H groups in total. The van der Waals surface area contributed by atoms with Crippen molar-refractivity contribution in [2.75, 3.05) is 30.0 Å². The number of esters is 1. The highest BCUT2D eigenvalue weighted by Gasteiger charge is 2.12. The lowest BCUT2D eigenvalue weighted by molar-refractivity contribution is -0.139. The Kier molecular flexibility index (Phi) is 6.92. The molecule has 0 amide bonds. The van der Waals surface area contributed by atoms with Crippen LogP contribution >= 0.6 is 11.8 Å². The molecule has 0 unspecified atom stereocenters. The number of rotatable bonds is 9. The van der Waals surface area contributed by atoms with Crippen molar-refractivity contribution in [3.05, 3.63) is 6.33 Å². The van der Waals surface area contributed by atoms with E-state index in [0.717, 1.165) is 6.42 Å². The van der Waals surface area contributed by atoms with Crippen LogP contribution in [-0.2, 0) is 9.53 Å². The second-order valence-corrected chi connectivity index (χ2v) is 5.99. The van der Waals surface area contributed by atoms with Crippen LogP contribution in [0.1, 0.15) is 27.2 Å². The summed E-state index contributed by atoms with van der Waals surface area (Å²) in [6.45, 7) is 6.23.